The Labute approximate surface area is 343 Å². The van der Waals surface area contributed by atoms with Gasteiger partial charge < -0.3 is 36.6 Å². The standard InChI is InChI=1S/C22H22N6O7S2.C18H35NO/c1-22(2,20(33)34)35-26-13(12-10-37-21(23)24-12)16(29)25-14-17(30)28-15(19(31)32)11(9-36-18(14)28)8-27-6-4-3-5-7-27;1-2-3-4-5-6-7-8-9-10-11-12-13-14-15-16-17-18(19)20/h3-7,10,14,18H,8-9H2,1-2H3,(H4-,23,24,25,29,31,32,33,34);9-10H,2-8,11-17H2,1H3,(H2,19,20)/b26-13+;10-9-/t14-,18-;/m1./s1. The normalized spacial score (nSPS) is 16.7. The highest BCUT2D eigenvalue weighted by atomic mass is 32.2. The molecule has 0 spiro atoms. The topological polar surface area (TPSA) is 234 Å². The second-order valence-corrected chi connectivity index (χ2v) is 16.4. The summed E-state index contributed by atoms with van der Waals surface area (Å²) in [6.45, 7) is 5.01. The molecule has 4 heterocycles. The number of aromatic nitrogens is 2. The number of nitrogen functional groups attached to an aromatic ring is 1. The predicted octanol–water partition coefficient (Wildman–Crippen LogP) is 4.21. The number of carbonyl (C=O) groups excluding carboxylic acids is 4. The number of rotatable bonds is 24. The minimum absolute atomic E-state index is 0.0265. The third-order valence-corrected chi connectivity index (χ3v) is 11.2. The van der Waals surface area contributed by atoms with Gasteiger partial charge in [-0.2, -0.15) is 0 Å². The number of primary amides is 1. The Hall–Kier alpha value is -4.77. The number of pyridine rings is 1. The van der Waals surface area contributed by atoms with Crippen LogP contribution < -0.4 is 26.5 Å². The van der Waals surface area contributed by atoms with E-state index in [0.29, 0.717) is 17.7 Å². The van der Waals surface area contributed by atoms with Crippen molar-refractivity contribution in [2.75, 3.05) is 11.5 Å². The fraction of sp³-hybridized carbons (Fsp3) is 0.550. The van der Waals surface area contributed by atoms with E-state index in [1.165, 1.54) is 102 Å². The second-order valence-electron chi connectivity index (χ2n) is 14.4. The zero-order chi connectivity index (χ0) is 41.8. The number of thiazole rings is 1. The third-order valence-electron chi connectivity index (χ3n) is 9.22. The molecule has 2 aliphatic heterocycles. The van der Waals surface area contributed by atoms with Gasteiger partial charge in [-0.05, 0) is 46.0 Å². The zero-order valence-corrected chi connectivity index (χ0v) is 34.8. The molecule has 1 fully saturated rings. The van der Waals surface area contributed by atoms with Gasteiger partial charge in [0.15, 0.2) is 29.8 Å². The molecule has 2 atom stereocenters. The largest absolute Gasteiger partial charge is 0.543 e. The summed E-state index contributed by atoms with van der Waals surface area (Å²) in [4.78, 5) is 70.2. The van der Waals surface area contributed by atoms with Crippen LogP contribution in [0.3, 0.4) is 0 Å². The molecular weight excluding hydrogens is 771 g/mol. The molecule has 57 heavy (non-hydrogen) atoms. The van der Waals surface area contributed by atoms with E-state index in [-0.39, 0.29) is 34.7 Å². The van der Waals surface area contributed by atoms with E-state index in [1.807, 2.05) is 6.07 Å². The van der Waals surface area contributed by atoms with Crippen molar-refractivity contribution in [3.63, 3.8) is 0 Å². The van der Waals surface area contributed by atoms with E-state index in [0.717, 1.165) is 29.1 Å². The zero-order valence-electron chi connectivity index (χ0n) is 33.2. The molecule has 2 aromatic heterocycles. The predicted molar refractivity (Wildman–Crippen MR) is 218 cm³/mol. The molecule has 2 aliphatic rings. The minimum Gasteiger partial charge on any atom is -0.543 e. The van der Waals surface area contributed by atoms with Crippen molar-refractivity contribution in [3.05, 3.63) is 65.1 Å². The van der Waals surface area contributed by atoms with Crippen LogP contribution in [0.5, 0.6) is 0 Å². The first kappa shape index (κ1) is 46.6. The number of nitrogens with two attached hydrogens (primary N) is 2. The lowest BCUT2D eigenvalue weighted by Crippen LogP contribution is -2.71. The van der Waals surface area contributed by atoms with E-state index in [9.17, 15) is 34.2 Å². The number of anilines is 1. The lowest BCUT2D eigenvalue weighted by molar-refractivity contribution is -0.689. The molecule has 2 aromatic rings. The molecule has 3 amide bonds. The van der Waals surface area contributed by atoms with Crippen LogP contribution >= 0.6 is 23.1 Å². The molecule has 0 bridgehead atoms. The number of nitrogens with one attached hydrogen (secondary N) is 1. The van der Waals surface area contributed by atoms with E-state index in [4.69, 9.17) is 16.3 Å². The number of unbranched alkanes of at least 4 members (excludes halogenated alkanes) is 11. The summed E-state index contributed by atoms with van der Waals surface area (Å²) in [6.07, 6.45) is 25.5. The number of carboxylic acids is 2. The molecule has 1 saturated heterocycles. The fourth-order valence-corrected chi connectivity index (χ4v) is 7.82. The molecule has 0 radical (unpaired) electrons. The average Bonchev–Trinajstić information content (AvgIpc) is 3.61. The first-order valence-electron chi connectivity index (χ1n) is 19.5. The van der Waals surface area contributed by atoms with Crippen molar-refractivity contribution in [1.29, 1.82) is 0 Å². The summed E-state index contributed by atoms with van der Waals surface area (Å²) in [6, 6.07) is 4.36. The van der Waals surface area contributed by atoms with Crippen molar-refractivity contribution in [1.82, 2.24) is 15.2 Å². The van der Waals surface area contributed by atoms with Crippen LogP contribution in [0.25, 0.3) is 0 Å². The number of hydrogen-bond acceptors (Lipinski definition) is 12. The number of fused-ring (bicyclic) bond motifs is 1. The Morgan fingerprint density at radius 2 is 1.65 bits per heavy atom. The lowest BCUT2D eigenvalue weighted by atomic mass is 10.0. The van der Waals surface area contributed by atoms with Crippen LogP contribution in [-0.4, -0.2) is 73.1 Å². The average molecular weight is 828 g/mol. The summed E-state index contributed by atoms with van der Waals surface area (Å²) in [5.74, 6) is -4.17. The number of nitrogens with zero attached hydrogens (tertiary/aromatic N) is 4. The maximum absolute atomic E-state index is 13.1. The molecule has 0 aromatic carbocycles. The smallest absolute Gasteiger partial charge is 0.350 e. The molecule has 15 nitrogen and oxygen atoms in total. The van der Waals surface area contributed by atoms with E-state index < -0.39 is 40.8 Å². The van der Waals surface area contributed by atoms with Gasteiger partial charge in [-0.3, -0.25) is 19.3 Å². The van der Waals surface area contributed by atoms with Gasteiger partial charge in [0.1, 0.15) is 17.1 Å². The van der Waals surface area contributed by atoms with E-state index in [2.05, 4.69) is 34.5 Å². The summed E-state index contributed by atoms with van der Waals surface area (Å²) in [5.41, 5.74) is 8.93. The minimum atomic E-state index is -1.75. The molecule has 0 saturated carbocycles. The Bertz CT molecular complexity index is 1750. The van der Waals surface area contributed by atoms with Gasteiger partial charge >= 0.3 is 5.97 Å². The van der Waals surface area contributed by atoms with Crippen LogP contribution in [-0.2, 0) is 35.4 Å². The molecule has 0 aliphatic carbocycles. The van der Waals surface area contributed by atoms with E-state index >= 15 is 0 Å². The fourth-order valence-electron chi connectivity index (χ4n) is 5.93. The number of β-lactam (4-membered cyclic amide) rings is 1. The number of carbonyl (C=O) groups is 5. The number of thioether (sulfide) groups is 1. The monoisotopic (exact) mass is 827 g/mol. The van der Waals surface area contributed by atoms with E-state index in [1.54, 1.807) is 29.1 Å². The van der Waals surface area contributed by atoms with Crippen LogP contribution in [0.2, 0.25) is 0 Å². The van der Waals surface area contributed by atoms with Gasteiger partial charge in [0.05, 0.1) is 11.7 Å². The summed E-state index contributed by atoms with van der Waals surface area (Å²) in [5, 5.41) is 28.4. The summed E-state index contributed by atoms with van der Waals surface area (Å²) in [7, 11) is 0. The van der Waals surface area contributed by atoms with Gasteiger partial charge in [-0.25, -0.2) is 14.3 Å². The highest BCUT2D eigenvalue weighted by molar-refractivity contribution is 8.00. The number of oxime groups is 1. The first-order chi connectivity index (χ1) is 27.3. The second kappa shape index (κ2) is 24.1. The van der Waals surface area contributed by atoms with Crippen molar-refractivity contribution in [3.8, 4) is 0 Å². The van der Waals surface area contributed by atoms with Crippen LogP contribution in [0.15, 0.2) is 64.6 Å². The highest BCUT2D eigenvalue weighted by Gasteiger charge is 2.53. The van der Waals surface area contributed by atoms with Gasteiger partial charge in [0.2, 0.25) is 11.5 Å². The highest BCUT2D eigenvalue weighted by Crippen LogP contribution is 2.40. The molecule has 4 rings (SSSR count). The molecule has 6 N–H and O–H groups in total. The van der Waals surface area contributed by atoms with Crippen LogP contribution in [0.1, 0.15) is 116 Å². The van der Waals surface area contributed by atoms with Gasteiger partial charge in [-0.15, -0.1) is 23.1 Å². The van der Waals surface area contributed by atoms with Crippen LogP contribution in [0, 0.1) is 0 Å². The third kappa shape index (κ3) is 15.3. The summed E-state index contributed by atoms with van der Waals surface area (Å²) >= 11 is 2.32. The number of aliphatic carboxylic acids is 2. The SMILES string of the molecule is CC(C)(O/N=C(/C(=O)N[C@@H]1C(=O)N2C(C(=O)[O-])=C(C[n+]3ccccc3)CS[C@H]12)c1csc(N)n1)C(=O)O.CCCCCCCC/C=C\CCCCCCCC(N)=O. The van der Waals surface area contributed by atoms with Crippen molar-refractivity contribution >= 4 is 63.6 Å². The maximum atomic E-state index is 13.1. The van der Waals surface area contributed by atoms with Crippen molar-refractivity contribution in [2.45, 2.75) is 134 Å². The van der Waals surface area contributed by atoms with Crippen LogP contribution in [0.4, 0.5) is 5.13 Å². The molecule has 312 valence electrons. The Balaban J connectivity index is 0.000000371. The van der Waals surface area contributed by atoms with Gasteiger partial charge in [0, 0.05) is 35.3 Å². The number of carboxylic acid groups (broad SMARTS) is 2. The Morgan fingerprint density at radius 1 is 1.04 bits per heavy atom. The number of amides is 3. The molecule has 0 unspecified atom stereocenters. The first-order valence-corrected chi connectivity index (χ1v) is 21.5. The Morgan fingerprint density at radius 3 is 2.21 bits per heavy atom. The van der Waals surface area contributed by atoms with Gasteiger partial charge in [-0.1, -0.05) is 81.7 Å². The number of allylic oxidation sites excluding steroid dienone is 2. The van der Waals surface area contributed by atoms with Crippen molar-refractivity contribution < 1.29 is 43.6 Å². The lowest BCUT2D eigenvalue weighted by Gasteiger charge is -2.50. The van der Waals surface area contributed by atoms with Crippen molar-refractivity contribution in [2.24, 2.45) is 10.9 Å². The molecule has 17 heteroatoms. The molecular formula is C40H57N7O8S2. The quantitative estimate of drug-likeness (QED) is 0.0292. The number of hydrogen-bond donors (Lipinski definition) is 4. The summed E-state index contributed by atoms with van der Waals surface area (Å²) < 4.78 is 1.78. The Kier molecular flexibility index (Phi) is 19.7. The maximum Gasteiger partial charge on any atom is 0.350 e. The van der Waals surface area contributed by atoms with Gasteiger partial charge in [0.25, 0.3) is 11.8 Å².